The summed E-state index contributed by atoms with van der Waals surface area (Å²) in [5.41, 5.74) is 2.28. The summed E-state index contributed by atoms with van der Waals surface area (Å²) in [5, 5.41) is 3.05. The summed E-state index contributed by atoms with van der Waals surface area (Å²) in [6, 6.07) is 18.0. The highest BCUT2D eigenvalue weighted by atomic mass is 16.5. The zero-order valence-corrected chi connectivity index (χ0v) is 14.0. The summed E-state index contributed by atoms with van der Waals surface area (Å²) in [7, 11) is 3.68. The van der Waals surface area contributed by atoms with Crippen molar-refractivity contribution in [1.29, 1.82) is 0 Å². The van der Waals surface area contributed by atoms with E-state index in [0.29, 0.717) is 6.54 Å². The molecule has 2 aromatic rings. The van der Waals surface area contributed by atoms with Gasteiger partial charge in [-0.15, -0.1) is 0 Å². The van der Waals surface area contributed by atoms with E-state index in [-0.39, 0.29) is 11.9 Å². The monoisotopic (exact) mass is 313 g/mol. The van der Waals surface area contributed by atoms with Gasteiger partial charge in [0.25, 0.3) is 5.91 Å². The molecule has 4 heteroatoms. The Bertz CT molecular complexity index is 628. The lowest BCUT2D eigenvalue weighted by Gasteiger charge is -2.17. The van der Waals surface area contributed by atoms with Crippen molar-refractivity contribution in [1.82, 2.24) is 5.32 Å². The topological polar surface area (TPSA) is 42.8 Å². The van der Waals surface area contributed by atoms with E-state index in [9.17, 15) is 4.79 Å². The third-order valence-electron chi connectivity index (χ3n) is 3.78. The Kier molecular flexibility index (Phi) is 6.18. The Hall–Kier alpha value is -2.33. The first-order chi connectivity index (χ1) is 11.1. The number of rotatable bonds is 7. The van der Waals surface area contributed by atoms with Crippen LogP contribution in [0, 0.1) is 0 Å². The Labute approximate surface area is 138 Å². The van der Waals surface area contributed by atoms with E-state index in [1.54, 1.807) is 7.11 Å². The number of nitrogens with one attached hydrogen (secondary N) is 2. The fraction of sp³-hybridized carbons (Fsp3) is 0.316. The molecular formula is C19H25N2O2+. The van der Waals surface area contributed by atoms with Crippen LogP contribution in [-0.2, 0) is 11.3 Å². The van der Waals surface area contributed by atoms with Gasteiger partial charge in [-0.2, -0.15) is 0 Å². The van der Waals surface area contributed by atoms with Gasteiger partial charge in [-0.25, -0.2) is 0 Å². The van der Waals surface area contributed by atoms with E-state index in [1.165, 1.54) is 0 Å². The highest BCUT2D eigenvalue weighted by molar-refractivity contribution is 5.77. The molecule has 0 fully saturated rings. The Morgan fingerprint density at radius 1 is 1.17 bits per heavy atom. The molecule has 0 aliphatic heterocycles. The highest BCUT2D eigenvalue weighted by Gasteiger charge is 2.14. The number of ether oxygens (including phenoxy) is 1. The third kappa shape index (κ3) is 5.42. The van der Waals surface area contributed by atoms with Crippen LogP contribution < -0.4 is 15.0 Å². The second-order valence-corrected chi connectivity index (χ2v) is 5.86. The predicted octanol–water partition coefficient (Wildman–Crippen LogP) is 1.59. The molecular weight excluding hydrogens is 288 g/mol. The van der Waals surface area contributed by atoms with Crippen LogP contribution >= 0.6 is 0 Å². The molecule has 122 valence electrons. The molecule has 1 amide bonds. The number of carbonyl (C=O) groups is 1. The number of benzene rings is 2. The van der Waals surface area contributed by atoms with Crippen molar-refractivity contribution in [2.75, 3.05) is 20.7 Å². The summed E-state index contributed by atoms with van der Waals surface area (Å²) < 4.78 is 5.23. The number of methoxy groups -OCH3 is 1. The van der Waals surface area contributed by atoms with Gasteiger partial charge < -0.3 is 15.0 Å². The summed E-state index contributed by atoms with van der Waals surface area (Å²) in [5.74, 6) is 0.902. The molecule has 2 aromatic carbocycles. The molecule has 0 aromatic heterocycles. The predicted molar refractivity (Wildman–Crippen MR) is 91.5 cm³/mol. The van der Waals surface area contributed by atoms with Crippen LogP contribution in [0.1, 0.15) is 24.1 Å². The molecule has 0 aliphatic carbocycles. The van der Waals surface area contributed by atoms with Gasteiger partial charge in [-0.1, -0.05) is 42.5 Å². The van der Waals surface area contributed by atoms with Gasteiger partial charge in [0.2, 0.25) is 0 Å². The van der Waals surface area contributed by atoms with Gasteiger partial charge in [-0.3, -0.25) is 4.79 Å². The zero-order chi connectivity index (χ0) is 16.7. The molecule has 4 nitrogen and oxygen atoms in total. The lowest BCUT2D eigenvalue weighted by atomic mass is 10.1. The van der Waals surface area contributed by atoms with Gasteiger partial charge in [0, 0.05) is 5.56 Å². The van der Waals surface area contributed by atoms with Gasteiger partial charge in [-0.05, 0) is 24.6 Å². The Morgan fingerprint density at radius 3 is 2.61 bits per heavy atom. The average molecular weight is 313 g/mol. The molecule has 0 bridgehead atoms. The number of amides is 1. The standard InChI is InChI=1S/C19H24N2O2/c1-15(17-9-5-4-6-10-17)20-19(22)14-21(2)13-16-8-7-11-18(12-16)23-3/h4-12,15H,13-14H2,1-3H3,(H,20,22)/p+1/t15-/m1/s1. The van der Waals surface area contributed by atoms with E-state index in [2.05, 4.69) is 11.4 Å². The second-order valence-electron chi connectivity index (χ2n) is 5.86. The lowest BCUT2D eigenvalue weighted by Crippen LogP contribution is -3.08. The van der Waals surface area contributed by atoms with Crippen LogP contribution in [0.15, 0.2) is 54.6 Å². The maximum Gasteiger partial charge on any atom is 0.275 e. The van der Waals surface area contributed by atoms with Gasteiger partial charge >= 0.3 is 0 Å². The summed E-state index contributed by atoms with van der Waals surface area (Å²) >= 11 is 0. The van der Waals surface area contributed by atoms with Crippen molar-refractivity contribution < 1.29 is 14.4 Å². The van der Waals surface area contributed by atoms with Crippen molar-refractivity contribution in [3.63, 3.8) is 0 Å². The summed E-state index contributed by atoms with van der Waals surface area (Å²) in [6.45, 7) is 3.23. The third-order valence-corrected chi connectivity index (χ3v) is 3.78. The quantitative estimate of drug-likeness (QED) is 0.815. The molecule has 2 atom stereocenters. The maximum atomic E-state index is 12.2. The fourth-order valence-electron chi connectivity index (χ4n) is 2.59. The SMILES string of the molecule is COc1cccc(C[NH+](C)CC(=O)N[C@H](C)c2ccccc2)c1. The van der Waals surface area contributed by atoms with Crippen LogP contribution in [0.2, 0.25) is 0 Å². The minimum Gasteiger partial charge on any atom is -0.497 e. The van der Waals surface area contributed by atoms with Crippen LogP contribution in [0.5, 0.6) is 5.75 Å². The van der Waals surface area contributed by atoms with Crippen molar-refractivity contribution in [2.45, 2.75) is 19.5 Å². The number of hydrogen-bond acceptors (Lipinski definition) is 2. The van der Waals surface area contributed by atoms with Crippen molar-refractivity contribution in [3.05, 3.63) is 65.7 Å². The Morgan fingerprint density at radius 2 is 1.91 bits per heavy atom. The zero-order valence-electron chi connectivity index (χ0n) is 14.0. The molecule has 0 saturated heterocycles. The second kappa shape index (κ2) is 8.34. The van der Waals surface area contributed by atoms with Gasteiger partial charge in [0.15, 0.2) is 6.54 Å². The first kappa shape index (κ1) is 17.0. The molecule has 0 radical (unpaired) electrons. The molecule has 1 unspecified atom stereocenters. The average Bonchev–Trinajstić information content (AvgIpc) is 2.55. The molecule has 0 spiro atoms. The summed E-state index contributed by atoms with van der Waals surface area (Å²) in [6.07, 6.45) is 0. The van der Waals surface area contributed by atoms with Gasteiger partial charge in [0.1, 0.15) is 12.3 Å². The number of carbonyl (C=O) groups excluding carboxylic acids is 1. The highest BCUT2D eigenvalue weighted by Crippen LogP contribution is 2.12. The summed E-state index contributed by atoms with van der Waals surface area (Å²) in [4.78, 5) is 13.3. The smallest absolute Gasteiger partial charge is 0.275 e. The fourth-order valence-corrected chi connectivity index (χ4v) is 2.59. The minimum absolute atomic E-state index is 0.0216. The van der Waals surface area contributed by atoms with Crippen molar-refractivity contribution >= 4 is 5.91 Å². The Balaban J connectivity index is 1.84. The van der Waals surface area contributed by atoms with E-state index in [4.69, 9.17) is 4.74 Å². The largest absolute Gasteiger partial charge is 0.497 e. The molecule has 23 heavy (non-hydrogen) atoms. The van der Waals surface area contributed by atoms with Crippen LogP contribution in [0.3, 0.4) is 0 Å². The molecule has 0 heterocycles. The van der Waals surface area contributed by atoms with E-state index in [0.717, 1.165) is 28.3 Å². The molecule has 0 aliphatic rings. The van der Waals surface area contributed by atoms with E-state index < -0.39 is 0 Å². The van der Waals surface area contributed by atoms with E-state index >= 15 is 0 Å². The molecule has 2 N–H and O–H groups in total. The maximum absolute atomic E-state index is 12.2. The number of quaternary nitrogens is 1. The normalized spacial score (nSPS) is 13.2. The van der Waals surface area contributed by atoms with Crippen LogP contribution in [0.25, 0.3) is 0 Å². The first-order valence-corrected chi connectivity index (χ1v) is 7.87. The number of hydrogen-bond donors (Lipinski definition) is 2. The minimum atomic E-state index is 0.0216. The molecule has 2 rings (SSSR count). The van der Waals surface area contributed by atoms with Crippen LogP contribution in [0.4, 0.5) is 0 Å². The lowest BCUT2D eigenvalue weighted by molar-refractivity contribution is -0.885. The molecule has 0 saturated carbocycles. The van der Waals surface area contributed by atoms with Crippen LogP contribution in [-0.4, -0.2) is 26.6 Å². The number of likely N-dealkylation sites (N-methyl/N-ethyl adjacent to an activating group) is 1. The first-order valence-electron chi connectivity index (χ1n) is 7.87. The van der Waals surface area contributed by atoms with Crippen molar-refractivity contribution in [3.8, 4) is 5.75 Å². The van der Waals surface area contributed by atoms with E-state index in [1.807, 2.05) is 62.5 Å². The van der Waals surface area contributed by atoms with Gasteiger partial charge in [0.05, 0.1) is 20.2 Å². The van der Waals surface area contributed by atoms with Crippen molar-refractivity contribution in [2.24, 2.45) is 0 Å².